The Kier molecular flexibility index (Phi) is 4.90. The van der Waals surface area contributed by atoms with Crippen molar-refractivity contribution in [2.24, 2.45) is 5.73 Å². The van der Waals surface area contributed by atoms with Crippen LogP contribution < -0.4 is 11.1 Å². The Morgan fingerprint density at radius 1 is 1.32 bits per heavy atom. The van der Waals surface area contributed by atoms with Crippen molar-refractivity contribution in [3.63, 3.8) is 0 Å². The summed E-state index contributed by atoms with van der Waals surface area (Å²) in [6, 6.07) is 8.01. The molecule has 0 unspecified atom stereocenters. The molecule has 0 spiro atoms. The standard InChI is InChI=1S/C17H21N7O/c1-3-15-14(9-19-24(15)16-7-5-4-6-12(16)2)20-17(25)11-23-10-13(8-18)21-22-23/h4-7,9-10H,3,8,11,18H2,1-2H3,(H,20,25). The van der Waals surface area contributed by atoms with Crippen molar-refractivity contribution < 1.29 is 4.79 Å². The van der Waals surface area contributed by atoms with Gasteiger partial charge in [0.25, 0.3) is 0 Å². The summed E-state index contributed by atoms with van der Waals surface area (Å²) in [4.78, 5) is 12.3. The Labute approximate surface area is 145 Å². The molecule has 1 amide bonds. The van der Waals surface area contributed by atoms with Crippen molar-refractivity contribution in [2.45, 2.75) is 33.4 Å². The molecule has 8 nitrogen and oxygen atoms in total. The Hall–Kier alpha value is -3.00. The van der Waals surface area contributed by atoms with E-state index in [2.05, 4.69) is 20.7 Å². The van der Waals surface area contributed by atoms with E-state index in [0.29, 0.717) is 17.9 Å². The van der Waals surface area contributed by atoms with Gasteiger partial charge in [0, 0.05) is 6.54 Å². The molecule has 1 aromatic carbocycles. The van der Waals surface area contributed by atoms with Crippen LogP contribution >= 0.6 is 0 Å². The van der Waals surface area contributed by atoms with Gasteiger partial charge in [-0.2, -0.15) is 5.10 Å². The lowest BCUT2D eigenvalue weighted by Crippen LogP contribution is -2.20. The van der Waals surface area contributed by atoms with Gasteiger partial charge in [0.2, 0.25) is 5.91 Å². The van der Waals surface area contributed by atoms with Crippen LogP contribution in [0.1, 0.15) is 23.9 Å². The number of para-hydroxylation sites is 1. The molecule has 0 fully saturated rings. The number of carbonyl (C=O) groups is 1. The fraction of sp³-hybridized carbons (Fsp3) is 0.294. The lowest BCUT2D eigenvalue weighted by molar-refractivity contribution is -0.116. The van der Waals surface area contributed by atoms with Crippen LogP contribution in [0.5, 0.6) is 0 Å². The summed E-state index contributed by atoms with van der Waals surface area (Å²) in [6.07, 6.45) is 4.08. The van der Waals surface area contributed by atoms with Crippen LogP contribution in [0.25, 0.3) is 5.69 Å². The molecule has 3 rings (SSSR count). The third kappa shape index (κ3) is 3.58. The SMILES string of the molecule is CCc1c(NC(=O)Cn2cc(CN)nn2)cnn1-c1ccccc1C. The Balaban J connectivity index is 1.79. The van der Waals surface area contributed by atoms with Gasteiger partial charge in [0.05, 0.1) is 35.2 Å². The van der Waals surface area contributed by atoms with Crippen molar-refractivity contribution >= 4 is 11.6 Å². The molecule has 25 heavy (non-hydrogen) atoms. The van der Waals surface area contributed by atoms with E-state index in [1.807, 2.05) is 42.8 Å². The van der Waals surface area contributed by atoms with E-state index < -0.39 is 0 Å². The molecule has 2 aromatic heterocycles. The van der Waals surface area contributed by atoms with Gasteiger partial charge in [-0.25, -0.2) is 9.36 Å². The van der Waals surface area contributed by atoms with Gasteiger partial charge >= 0.3 is 0 Å². The molecular formula is C17H21N7O. The highest BCUT2D eigenvalue weighted by molar-refractivity contribution is 5.91. The van der Waals surface area contributed by atoms with Crippen molar-refractivity contribution in [1.82, 2.24) is 24.8 Å². The van der Waals surface area contributed by atoms with Crippen LogP contribution in [-0.2, 0) is 24.3 Å². The Bertz CT molecular complexity index is 881. The van der Waals surface area contributed by atoms with Crippen molar-refractivity contribution in [3.05, 3.63) is 53.6 Å². The highest BCUT2D eigenvalue weighted by atomic mass is 16.2. The predicted molar refractivity (Wildman–Crippen MR) is 94.2 cm³/mol. The molecule has 3 aromatic rings. The highest BCUT2D eigenvalue weighted by Gasteiger charge is 2.15. The summed E-state index contributed by atoms with van der Waals surface area (Å²) in [5.41, 5.74) is 9.92. The van der Waals surface area contributed by atoms with Crippen molar-refractivity contribution in [1.29, 1.82) is 0 Å². The monoisotopic (exact) mass is 339 g/mol. The molecule has 130 valence electrons. The number of amides is 1. The molecule has 0 saturated carbocycles. The number of nitrogens with one attached hydrogen (secondary N) is 1. The van der Waals surface area contributed by atoms with E-state index in [1.54, 1.807) is 12.4 Å². The molecule has 0 bridgehead atoms. The smallest absolute Gasteiger partial charge is 0.246 e. The van der Waals surface area contributed by atoms with Crippen LogP contribution in [0.4, 0.5) is 5.69 Å². The first kappa shape index (κ1) is 16.8. The second-order valence-corrected chi connectivity index (χ2v) is 5.72. The molecule has 0 atom stereocenters. The van der Waals surface area contributed by atoms with Gasteiger partial charge in [-0.3, -0.25) is 4.79 Å². The van der Waals surface area contributed by atoms with Crippen LogP contribution in [0.15, 0.2) is 36.7 Å². The third-order valence-corrected chi connectivity index (χ3v) is 3.92. The Morgan fingerprint density at radius 2 is 2.12 bits per heavy atom. The number of nitrogens with zero attached hydrogens (tertiary/aromatic N) is 5. The summed E-state index contributed by atoms with van der Waals surface area (Å²) in [6.45, 7) is 4.44. The topological polar surface area (TPSA) is 104 Å². The fourth-order valence-electron chi connectivity index (χ4n) is 2.67. The maximum atomic E-state index is 12.3. The predicted octanol–water partition coefficient (Wildman–Crippen LogP) is 1.43. The molecule has 2 heterocycles. The Morgan fingerprint density at radius 3 is 2.80 bits per heavy atom. The average molecular weight is 339 g/mol. The van der Waals surface area contributed by atoms with Gasteiger partial charge in [-0.05, 0) is 25.0 Å². The zero-order valence-corrected chi connectivity index (χ0v) is 14.3. The summed E-state index contributed by atoms with van der Waals surface area (Å²) < 4.78 is 3.34. The zero-order chi connectivity index (χ0) is 17.8. The maximum Gasteiger partial charge on any atom is 0.246 e. The molecule has 0 aliphatic rings. The zero-order valence-electron chi connectivity index (χ0n) is 14.3. The molecule has 8 heteroatoms. The summed E-state index contributed by atoms with van der Waals surface area (Å²) in [7, 11) is 0. The second kappa shape index (κ2) is 7.27. The van der Waals surface area contributed by atoms with E-state index in [-0.39, 0.29) is 12.5 Å². The van der Waals surface area contributed by atoms with Crippen LogP contribution in [-0.4, -0.2) is 30.7 Å². The van der Waals surface area contributed by atoms with Crippen molar-refractivity contribution in [3.8, 4) is 5.69 Å². The summed E-state index contributed by atoms with van der Waals surface area (Å²) >= 11 is 0. The fourth-order valence-corrected chi connectivity index (χ4v) is 2.67. The quantitative estimate of drug-likeness (QED) is 0.707. The lowest BCUT2D eigenvalue weighted by Gasteiger charge is -2.11. The number of anilines is 1. The number of aromatic nitrogens is 5. The molecule has 0 aliphatic heterocycles. The number of nitrogens with two attached hydrogens (primary N) is 1. The molecule has 3 N–H and O–H groups in total. The highest BCUT2D eigenvalue weighted by Crippen LogP contribution is 2.22. The summed E-state index contributed by atoms with van der Waals surface area (Å²) in [5.74, 6) is -0.187. The number of rotatable bonds is 6. The van der Waals surface area contributed by atoms with E-state index in [1.165, 1.54) is 4.68 Å². The first-order valence-corrected chi connectivity index (χ1v) is 8.14. The second-order valence-electron chi connectivity index (χ2n) is 5.72. The van der Waals surface area contributed by atoms with Gasteiger partial charge in [0.1, 0.15) is 6.54 Å². The normalized spacial score (nSPS) is 10.8. The third-order valence-electron chi connectivity index (χ3n) is 3.92. The minimum absolute atomic E-state index is 0.0751. The molecule has 0 saturated heterocycles. The molecule has 0 radical (unpaired) electrons. The minimum Gasteiger partial charge on any atom is -0.325 e. The number of hydrogen-bond donors (Lipinski definition) is 2. The lowest BCUT2D eigenvalue weighted by atomic mass is 10.2. The maximum absolute atomic E-state index is 12.3. The first-order chi connectivity index (χ1) is 12.1. The van der Waals surface area contributed by atoms with Gasteiger partial charge in [-0.15, -0.1) is 5.10 Å². The largest absolute Gasteiger partial charge is 0.325 e. The number of carbonyl (C=O) groups excluding carboxylic acids is 1. The van der Waals surface area contributed by atoms with E-state index in [9.17, 15) is 4.79 Å². The van der Waals surface area contributed by atoms with Gasteiger partial charge in [-0.1, -0.05) is 30.3 Å². The van der Waals surface area contributed by atoms with E-state index >= 15 is 0 Å². The van der Waals surface area contributed by atoms with Crippen LogP contribution in [0.3, 0.4) is 0 Å². The summed E-state index contributed by atoms with van der Waals surface area (Å²) in [5, 5.41) is 15.1. The molecular weight excluding hydrogens is 318 g/mol. The number of aryl methyl sites for hydroxylation is 1. The van der Waals surface area contributed by atoms with Gasteiger partial charge in [0.15, 0.2) is 0 Å². The average Bonchev–Trinajstić information content (AvgIpc) is 3.21. The number of hydrogen-bond acceptors (Lipinski definition) is 5. The van der Waals surface area contributed by atoms with E-state index in [0.717, 1.165) is 23.4 Å². The molecule has 0 aliphatic carbocycles. The van der Waals surface area contributed by atoms with Gasteiger partial charge < -0.3 is 11.1 Å². The van der Waals surface area contributed by atoms with Crippen LogP contribution in [0, 0.1) is 6.92 Å². The first-order valence-electron chi connectivity index (χ1n) is 8.14. The minimum atomic E-state index is -0.187. The van der Waals surface area contributed by atoms with Crippen LogP contribution in [0.2, 0.25) is 0 Å². The number of benzene rings is 1. The van der Waals surface area contributed by atoms with Crippen molar-refractivity contribution in [2.75, 3.05) is 5.32 Å². The van der Waals surface area contributed by atoms with E-state index in [4.69, 9.17) is 5.73 Å².